The second kappa shape index (κ2) is 5.80. The highest BCUT2D eigenvalue weighted by molar-refractivity contribution is 9.10. The van der Waals surface area contributed by atoms with E-state index in [2.05, 4.69) is 15.9 Å². The van der Waals surface area contributed by atoms with Crippen molar-refractivity contribution < 1.29 is 16.8 Å². The lowest BCUT2D eigenvalue weighted by molar-refractivity contribution is 0.582. The molecule has 0 bridgehead atoms. The van der Waals surface area contributed by atoms with Gasteiger partial charge in [0.05, 0.1) is 21.7 Å². The molecule has 0 atom stereocenters. The van der Waals surface area contributed by atoms with Gasteiger partial charge in [0.25, 0.3) is 0 Å². The number of benzene rings is 1. The minimum Gasteiger partial charge on any atom is -0.399 e. The first-order valence-corrected chi connectivity index (χ1v) is 9.71. The molecule has 1 aromatic rings. The molecular formula is C11H16BrNO4S2. The van der Waals surface area contributed by atoms with Gasteiger partial charge in [-0.25, -0.2) is 16.8 Å². The first kappa shape index (κ1) is 16.5. The summed E-state index contributed by atoms with van der Waals surface area (Å²) < 4.78 is 47.8. The molecule has 0 heterocycles. The predicted molar refractivity (Wildman–Crippen MR) is 79.5 cm³/mol. The Morgan fingerprint density at radius 1 is 1.16 bits per heavy atom. The van der Waals surface area contributed by atoms with Crippen LogP contribution in [0, 0.1) is 0 Å². The summed E-state index contributed by atoms with van der Waals surface area (Å²) in [5.74, 6) is -0.820. The number of rotatable bonds is 5. The van der Waals surface area contributed by atoms with Crippen LogP contribution < -0.4 is 5.73 Å². The standard InChI is InChI=1S/C11H16BrNO4S2/c1-8(2)18(14,15)5-6-19(16,17)11-4-3-9(13)7-10(11)12/h3-4,7-8H,5-6,13H2,1-2H3. The van der Waals surface area contributed by atoms with Crippen molar-refractivity contribution in [2.45, 2.75) is 24.0 Å². The fraction of sp³-hybridized carbons (Fsp3) is 0.455. The van der Waals surface area contributed by atoms with E-state index < -0.39 is 30.7 Å². The van der Waals surface area contributed by atoms with Crippen LogP contribution in [0.25, 0.3) is 0 Å². The number of anilines is 1. The van der Waals surface area contributed by atoms with E-state index in [-0.39, 0.29) is 10.6 Å². The van der Waals surface area contributed by atoms with Gasteiger partial charge >= 0.3 is 0 Å². The molecule has 8 heteroatoms. The van der Waals surface area contributed by atoms with Gasteiger partial charge in [0.2, 0.25) is 0 Å². The quantitative estimate of drug-likeness (QED) is 0.795. The molecule has 1 rings (SSSR count). The minimum absolute atomic E-state index is 0.0562. The molecule has 0 unspecified atom stereocenters. The molecule has 19 heavy (non-hydrogen) atoms. The summed E-state index contributed by atoms with van der Waals surface area (Å²) >= 11 is 3.12. The number of nitrogen functional groups attached to an aromatic ring is 1. The molecule has 0 amide bonds. The third-order valence-corrected chi connectivity index (χ3v) is 7.80. The maximum absolute atomic E-state index is 12.1. The van der Waals surface area contributed by atoms with Crippen molar-refractivity contribution in [3.8, 4) is 0 Å². The van der Waals surface area contributed by atoms with Gasteiger partial charge < -0.3 is 5.73 Å². The Morgan fingerprint density at radius 3 is 2.21 bits per heavy atom. The highest BCUT2D eigenvalue weighted by Crippen LogP contribution is 2.25. The number of nitrogens with two attached hydrogens (primary N) is 1. The molecule has 0 aliphatic rings. The summed E-state index contributed by atoms with van der Waals surface area (Å²) in [5.41, 5.74) is 5.96. The summed E-state index contributed by atoms with van der Waals surface area (Å²) in [6, 6.07) is 4.31. The zero-order valence-corrected chi connectivity index (χ0v) is 13.8. The second-order valence-corrected chi connectivity index (χ2v) is 10.0. The van der Waals surface area contributed by atoms with Crippen LogP contribution in [-0.2, 0) is 19.7 Å². The van der Waals surface area contributed by atoms with Crippen LogP contribution in [0.1, 0.15) is 13.8 Å². The SMILES string of the molecule is CC(C)S(=O)(=O)CCS(=O)(=O)c1ccc(N)cc1Br. The number of hydrogen-bond acceptors (Lipinski definition) is 5. The number of hydrogen-bond donors (Lipinski definition) is 1. The van der Waals surface area contributed by atoms with Crippen LogP contribution in [0.15, 0.2) is 27.6 Å². The largest absolute Gasteiger partial charge is 0.399 e. The van der Waals surface area contributed by atoms with E-state index in [1.54, 1.807) is 0 Å². The Hall–Kier alpha value is -0.600. The van der Waals surface area contributed by atoms with Crippen LogP contribution in [-0.4, -0.2) is 33.6 Å². The molecule has 0 aromatic heterocycles. The van der Waals surface area contributed by atoms with Gasteiger partial charge in [-0.05, 0) is 48.0 Å². The van der Waals surface area contributed by atoms with Gasteiger partial charge in [0.15, 0.2) is 19.7 Å². The van der Waals surface area contributed by atoms with Crippen molar-refractivity contribution in [2.75, 3.05) is 17.2 Å². The number of sulfone groups is 2. The van der Waals surface area contributed by atoms with Gasteiger partial charge in [-0.1, -0.05) is 0 Å². The first-order chi connectivity index (χ1) is 8.56. The maximum atomic E-state index is 12.1. The van der Waals surface area contributed by atoms with Crippen LogP contribution in [0.2, 0.25) is 0 Å². The molecule has 5 nitrogen and oxygen atoms in total. The lowest BCUT2D eigenvalue weighted by Crippen LogP contribution is -2.23. The Kier molecular flexibility index (Phi) is 5.02. The molecule has 0 spiro atoms. The molecule has 0 radical (unpaired) electrons. The highest BCUT2D eigenvalue weighted by atomic mass is 79.9. The first-order valence-electron chi connectivity index (χ1n) is 5.55. The fourth-order valence-electron chi connectivity index (χ4n) is 1.34. The monoisotopic (exact) mass is 369 g/mol. The van der Waals surface area contributed by atoms with E-state index in [9.17, 15) is 16.8 Å². The molecule has 2 N–H and O–H groups in total. The van der Waals surface area contributed by atoms with E-state index in [1.165, 1.54) is 32.0 Å². The minimum atomic E-state index is -3.66. The summed E-state index contributed by atoms with van der Waals surface area (Å²) in [6.45, 7) is 3.06. The Bertz CT molecular complexity index is 666. The second-order valence-electron chi connectivity index (χ2n) is 4.42. The molecule has 0 aliphatic carbocycles. The zero-order chi connectivity index (χ0) is 14.8. The average molecular weight is 370 g/mol. The summed E-state index contributed by atoms with van der Waals surface area (Å²) in [7, 11) is -7.04. The van der Waals surface area contributed by atoms with E-state index in [4.69, 9.17) is 5.73 Å². The Morgan fingerprint density at radius 2 is 1.74 bits per heavy atom. The normalized spacial score (nSPS) is 12.8. The lowest BCUT2D eigenvalue weighted by atomic mass is 10.3. The molecule has 108 valence electrons. The highest BCUT2D eigenvalue weighted by Gasteiger charge is 2.23. The molecule has 0 fully saturated rings. The predicted octanol–water partition coefficient (Wildman–Crippen LogP) is 1.63. The Balaban J connectivity index is 3.00. The maximum Gasteiger partial charge on any atom is 0.180 e. The van der Waals surface area contributed by atoms with E-state index in [0.717, 1.165) is 0 Å². The van der Waals surface area contributed by atoms with Crippen molar-refractivity contribution >= 4 is 41.3 Å². The fourth-order valence-corrected chi connectivity index (χ4v) is 5.61. The van der Waals surface area contributed by atoms with Crippen molar-refractivity contribution in [1.82, 2.24) is 0 Å². The third kappa shape index (κ3) is 4.19. The molecule has 1 aromatic carbocycles. The van der Waals surface area contributed by atoms with Crippen LogP contribution in [0.4, 0.5) is 5.69 Å². The van der Waals surface area contributed by atoms with Crippen molar-refractivity contribution in [3.63, 3.8) is 0 Å². The third-order valence-electron chi connectivity index (χ3n) is 2.65. The molecule has 0 aliphatic heterocycles. The summed E-state index contributed by atoms with van der Waals surface area (Å²) in [6.07, 6.45) is 0. The summed E-state index contributed by atoms with van der Waals surface area (Å²) in [5, 5.41) is -0.586. The molecule has 0 saturated heterocycles. The van der Waals surface area contributed by atoms with E-state index in [1.807, 2.05) is 0 Å². The van der Waals surface area contributed by atoms with Crippen LogP contribution >= 0.6 is 15.9 Å². The van der Waals surface area contributed by atoms with Crippen LogP contribution in [0.3, 0.4) is 0 Å². The lowest BCUT2D eigenvalue weighted by Gasteiger charge is -2.10. The van der Waals surface area contributed by atoms with Crippen molar-refractivity contribution in [1.29, 1.82) is 0 Å². The van der Waals surface area contributed by atoms with Gasteiger partial charge in [0, 0.05) is 10.2 Å². The molecular weight excluding hydrogens is 354 g/mol. The van der Waals surface area contributed by atoms with Gasteiger partial charge in [-0.2, -0.15) is 0 Å². The summed E-state index contributed by atoms with van der Waals surface area (Å²) in [4.78, 5) is 0.0562. The van der Waals surface area contributed by atoms with Gasteiger partial charge in [0.1, 0.15) is 0 Å². The average Bonchev–Trinajstić information content (AvgIpc) is 2.26. The van der Waals surface area contributed by atoms with Crippen molar-refractivity contribution in [2.24, 2.45) is 0 Å². The van der Waals surface area contributed by atoms with Crippen LogP contribution in [0.5, 0.6) is 0 Å². The van der Waals surface area contributed by atoms with Gasteiger partial charge in [-0.15, -0.1) is 0 Å². The van der Waals surface area contributed by atoms with Crippen molar-refractivity contribution in [3.05, 3.63) is 22.7 Å². The van der Waals surface area contributed by atoms with E-state index in [0.29, 0.717) is 10.2 Å². The molecule has 0 saturated carbocycles. The smallest absolute Gasteiger partial charge is 0.180 e. The topological polar surface area (TPSA) is 94.3 Å². The van der Waals surface area contributed by atoms with Gasteiger partial charge in [-0.3, -0.25) is 0 Å². The zero-order valence-electron chi connectivity index (χ0n) is 10.6. The van der Waals surface area contributed by atoms with E-state index >= 15 is 0 Å². The Labute approximate surface area is 122 Å². The number of halogens is 1.